The molecule has 1 saturated carbocycles. The number of carbonyl (C=O) groups excluding carboxylic acids is 1. The number of nitrogens with zero attached hydrogens (tertiary/aromatic N) is 5. The van der Waals surface area contributed by atoms with Crippen LogP contribution in [-0.4, -0.2) is 55.6 Å². The molecule has 4 rings (SSSR count). The van der Waals surface area contributed by atoms with Crippen LogP contribution in [0.25, 0.3) is 16.9 Å². The molecule has 0 radical (unpaired) electrons. The minimum Gasteiger partial charge on any atom is -0.460 e. The molecule has 1 amide bonds. The zero-order chi connectivity index (χ0) is 31.4. The summed E-state index contributed by atoms with van der Waals surface area (Å²) in [5, 5.41) is 18.6. The number of hydrogen-bond donors (Lipinski definition) is 1. The summed E-state index contributed by atoms with van der Waals surface area (Å²) in [6.45, 7) is 0. The Morgan fingerprint density at radius 2 is 1.76 bits per heavy atom. The van der Waals surface area contributed by atoms with E-state index in [4.69, 9.17) is 11.6 Å². The van der Waals surface area contributed by atoms with Crippen molar-refractivity contribution in [3.05, 3.63) is 46.7 Å². The SMILES string of the molecule is Cn1nc(OC(C(F)C(F)(F)F)C(F)(F)F)c(C(F)(F)F)c1-n1cc(-c2ccc(Cl)c(C(=O)NC3(C#N)CC3)c2)cn1. The second kappa shape index (κ2) is 10.4. The van der Waals surface area contributed by atoms with E-state index in [1.54, 1.807) is 0 Å². The van der Waals surface area contributed by atoms with Crippen molar-refractivity contribution < 1.29 is 53.4 Å². The van der Waals surface area contributed by atoms with Crippen LogP contribution in [0.3, 0.4) is 0 Å². The molecular weight excluding hydrogens is 618 g/mol. The summed E-state index contributed by atoms with van der Waals surface area (Å²) in [4.78, 5) is 12.7. The predicted octanol–water partition coefficient (Wildman–Crippen LogP) is 5.94. The van der Waals surface area contributed by atoms with Gasteiger partial charge in [-0.3, -0.25) is 4.79 Å². The van der Waals surface area contributed by atoms with Gasteiger partial charge in [0.1, 0.15) is 5.54 Å². The van der Waals surface area contributed by atoms with Gasteiger partial charge in [0.05, 0.1) is 22.9 Å². The molecule has 42 heavy (non-hydrogen) atoms. The lowest BCUT2D eigenvalue weighted by Crippen LogP contribution is -2.49. The molecular formula is C23H15ClF10N6O2. The van der Waals surface area contributed by atoms with Crippen molar-refractivity contribution in [2.75, 3.05) is 0 Å². The molecule has 0 saturated heterocycles. The maximum absolute atomic E-state index is 14.0. The number of ether oxygens (including phenoxy) is 1. The van der Waals surface area contributed by atoms with E-state index < -0.39 is 59.5 Å². The molecule has 0 bridgehead atoms. The second-order valence-electron chi connectivity index (χ2n) is 9.16. The van der Waals surface area contributed by atoms with Gasteiger partial charge >= 0.3 is 18.5 Å². The number of amides is 1. The third-order valence-corrected chi connectivity index (χ3v) is 6.40. The third kappa shape index (κ3) is 6.10. The maximum atomic E-state index is 14.0. The molecule has 1 aromatic carbocycles. The van der Waals surface area contributed by atoms with E-state index >= 15 is 0 Å². The zero-order valence-corrected chi connectivity index (χ0v) is 21.4. The minimum atomic E-state index is -6.12. The normalized spacial score (nSPS) is 16.5. The van der Waals surface area contributed by atoms with Crippen molar-refractivity contribution in [3.63, 3.8) is 0 Å². The average molecular weight is 633 g/mol. The number of nitrogens with one attached hydrogen (secondary N) is 1. The Bertz CT molecular complexity index is 1550. The number of rotatable bonds is 7. The summed E-state index contributed by atoms with van der Waals surface area (Å²) in [6.07, 6.45) is -24.0. The standard InChI is InChI=1S/C23H15ClF10N6O2/c1-39-19(14(21(26,27)28)18(38-39)42-16(23(32,33)34)15(25)22(29,30)31)40-8-11(7-36-40)10-2-3-13(24)12(6-10)17(41)37-20(9-35)4-5-20/h2-3,6-8,15-16H,4-5H2,1H3,(H,37,41). The average Bonchev–Trinajstić information content (AvgIpc) is 3.31. The van der Waals surface area contributed by atoms with Crippen LogP contribution in [0.5, 0.6) is 5.88 Å². The molecule has 2 heterocycles. The molecule has 0 spiro atoms. The van der Waals surface area contributed by atoms with Crippen LogP contribution in [0, 0.1) is 11.3 Å². The minimum absolute atomic E-state index is 0.0191. The number of aromatic nitrogens is 4. The van der Waals surface area contributed by atoms with E-state index in [1.165, 1.54) is 18.2 Å². The first-order valence-electron chi connectivity index (χ1n) is 11.4. The molecule has 1 N–H and O–H groups in total. The van der Waals surface area contributed by atoms with Crippen LogP contribution in [0.4, 0.5) is 43.9 Å². The van der Waals surface area contributed by atoms with Gasteiger partial charge in [0.15, 0.2) is 11.4 Å². The molecule has 226 valence electrons. The Kier molecular flexibility index (Phi) is 7.63. The largest absolute Gasteiger partial charge is 0.460 e. The number of benzene rings is 1. The molecule has 19 heteroatoms. The first-order chi connectivity index (χ1) is 19.3. The summed E-state index contributed by atoms with van der Waals surface area (Å²) in [6, 6.07) is 5.87. The van der Waals surface area contributed by atoms with E-state index in [1.807, 2.05) is 6.07 Å². The Morgan fingerprint density at radius 3 is 2.29 bits per heavy atom. The smallest absolute Gasteiger partial charge is 0.428 e. The lowest BCUT2D eigenvalue weighted by Gasteiger charge is -2.25. The summed E-state index contributed by atoms with van der Waals surface area (Å²) in [5.74, 6) is -3.75. The van der Waals surface area contributed by atoms with Crippen molar-refractivity contribution in [2.24, 2.45) is 7.05 Å². The lowest BCUT2D eigenvalue weighted by atomic mass is 10.1. The van der Waals surface area contributed by atoms with Crippen molar-refractivity contribution in [1.82, 2.24) is 24.9 Å². The fraction of sp³-hybridized carbons (Fsp3) is 0.391. The molecule has 1 aliphatic carbocycles. The topological polar surface area (TPSA) is 97.8 Å². The van der Waals surface area contributed by atoms with Crippen molar-refractivity contribution in [2.45, 2.75) is 49.2 Å². The van der Waals surface area contributed by atoms with Gasteiger partial charge in [0.2, 0.25) is 18.2 Å². The van der Waals surface area contributed by atoms with Crippen molar-refractivity contribution in [1.29, 1.82) is 5.26 Å². The second-order valence-corrected chi connectivity index (χ2v) is 9.57. The summed E-state index contributed by atoms with van der Waals surface area (Å²) >= 11 is 6.10. The van der Waals surface area contributed by atoms with Gasteiger partial charge in [0, 0.05) is 18.8 Å². The highest BCUT2D eigenvalue weighted by Gasteiger charge is 2.59. The quantitative estimate of drug-likeness (QED) is 0.325. The number of nitriles is 1. The Labute approximate surface area is 233 Å². The van der Waals surface area contributed by atoms with Crippen LogP contribution in [0.15, 0.2) is 30.6 Å². The van der Waals surface area contributed by atoms with Crippen LogP contribution in [-0.2, 0) is 13.2 Å². The molecule has 8 nitrogen and oxygen atoms in total. The molecule has 3 aromatic rings. The van der Waals surface area contributed by atoms with Gasteiger partial charge in [0.25, 0.3) is 5.91 Å². The zero-order valence-electron chi connectivity index (χ0n) is 20.7. The van der Waals surface area contributed by atoms with Gasteiger partial charge < -0.3 is 10.1 Å². The van der Waals surface area contributed by atoms with Crippen molar-refractivity contribution in [3.8, 4) is 28.9 Å². The van der Waals surface area contributed by atoms with Gasteiger partial charge in [-0.2, -0.15) is 49.9 Å². The Morgan fingerprint density at radius 1 is 1.12 bits per heavy atom. The summed E-state index contributed by atoms with van der Waals surface area (Å²) in [5.41, 5.74) is -2.94. The molecule has 0 aliphatic heterocycles. The fourth-order valence-corrected chi connectivity index (χ4v) is 4.01. The van der Waals surface area contributed by atoms with Gasteiger partial charge in [-0.05, 0) is 30.5 Å². The van der Waals surface area contributed by atoms with Crippen LogP contribution in [0.1, 0.15) is 28.8 Å². The van der Waals surface area contributed by atoms with Crippen LogP contribution in [0.2, 0.25) is 5.02 Å². The molecule has 2 atom stereocenters. The highest BCUT2D eigenvalue weighted by atomic mass is 35.5. The fourth-order valence-electron chi connectivity index (χ4n) is 3.81. The number of hydrogen-bond acceptors (Lipinski definition) is 5. The van der Waals surface area contributed by atoms with Crippen LogP contribution >= 0.6 is 11.6 Å². The number of aryl methyl sites for hydroxylation is 1. The van der Waals surface area contributed by atoms with E-state index in [-0.39, 0.29) is 21.7 Å². The molecule has 2 unspecified atom stereocenters. The van der Waals surface area contributed by atoms with Crippen LogP contribution < -0.4 is 10.1 Å². The highest BCUT2D eigenvalue weighted by Crippen LogP contribution is 2.43. The maximum Gasteiger partial charge on any atom is 0.428 e. The van der Waals surface area contributed by atoms with E-state index in [2.05, 4.69) is 20.3 Å². The van der Waals surface area contributed by atoms with Gasteiger partial charge in [-0.25, -0.2) is 13.8 Å². The van der Waals surface area contributed by atoms with E-state index in [9.17, 15) is 54.0 Å². The van der Waals surface area contributed by atoms with Gasteiger partial charge in [-0.15, -0.1) is 5.10 Å². The first-order valence-corrected chi connectivity index (χ1v) is 11.8. The van der Waals surface area contributed by atoms with E-state index in [0.29, 0.717) is 22.2 Å². The number of carbonyl (C=O) groups is 1. The number of halogens is 11. The monoisotopic (exact) mass is 632 g/mol. The molecule has 2 aromatic heterocycles. The molecule has 1 fully saturated rings. The van der Waals surface area contributed by atoms with E-state index in [0.717, 1.165) is 19.4 Å². The number of alkyl halides is 10. The third-order valence-electron chi connectivity index (χ3n) is 6.07. The Balaban J connectivity index is 1.73. The first kappa shape index (κ1) is 30.9. The van der Waals surface area contributed by atoms with Gasteiger partial charge in [-0.1, -0.05) is 17.7 Å². The molecule has 1 aliphatic rings. The summed E-state index contributed by atoms with van der Waals surface area (Å²) in [7, 11) is 0.811. The summed E-state index contributed by atoms with van der Waals surface area (Å²) < 4.78 is 138. The van der Waals surface area contributed by atoms with Crippen molar-refractivity contribution >= 4 is 17.5 Å². The highest BCUT2D eigenvalue weighted by molar-refractivity contribution is 6.34. The Hall–Kier alpha value is -4.01. The predicted molar refractivity (Wildman–Crippen MR) is 122 cm³/mol. The lowest BCUT2D eigenvalue weighted by molar-refractivity contribution is -0.270.